The molecule has 0 radical (unpaired) electrons. The van der Waals surface area contributed by atoms with Crippen LogP contribution >= 0.6 is 0 Å². The lowest BCUT2D eigenvalue weighted by Crippen LogP contribution is -2.22. The molecule has 0 atom stereocenters. The first-order valence-corrected chi connectivity index (χ1v) is 3.13. The first-order chi connectivity index (χ1) is 5.59. The number of anilines is 1. The van der Waals surface area contributed by atoms with Crippen LogP contribution in [0.2, 0.25) is 0 Å². The topological polar surface area (TPSA) is 84.2 Å². The molecule has 1 aromatic heterocycles. The van der Waals surface area contributed by atoms with Crippen molar-refractivity contribution < 1.29 is 14.7 Å². The van der Waals surface area contributed by atoms with Crippen LogP contribution in [0.3, 0.4) is 0 Å². The molecule has 1 rings (SSSR count). The summed E-state index contributed by atoms with van der Waals surface area (Å²) in [6, 6.07) is 1.50. The molecule has 0 aliphatic rings. The number of carbonyl (C=O) groups excluding carboxylic acids is 1. The molecule has 6 heteroatoms. The highest BCUT2D eigenvalue weighted by Gasteiger charge is 2.11. The number of amides is 1. The Kier molecular flexibility index (Phi) is 2.09. The van der Waals surface area contributed by atoms with Crippen molar-refractivity contribution in [2.75, 3.05) is 5.32 Å². The smallest absolute Gasteiger partial charge is 0.394 e. The van der Waals surface area contributed by atoms with Crippen LogP contribution in [0.1, 0.15) is 0 Å². The number of nitrogens with zero attached hydrogens (tertiary/aromatic N) is 2. The number of carbonyl (C=O) groups is 2. The molecule has 0 aliphatic heterocycles. The fourth-order valence-electron chi connectivity index (χ4n) is 0.652. The second-order valence-electron chi connectivity index (χ2n) is 2.13. The van der Waals surface area contributed by atoms with Crippen molar-refractivity contribution in [1.29, 1.82) is 0 Å². The standard InChI is InChI=1S/C6H7N3O3/c1-9-3-2-4(8-9)7-5(10)6(11)12/h2-3H,1H3,(H,11,12)(H,7,8,10). The Morgan fingerprint density at radius 1 is 1.67 bits per heavy atom. The monoisotopic (exact) mass is 169 g/mol. The molecule has 0 unspecified atom stereocenters. The minimum Gasteiger partial charge on any atom is -0.474 e. The SMILES string of the molecule is Cn1ccc(NC(=O)C(=O)O)n1. The van der Waals surface area contributed by atoms with Crippen molar-refractivity contribution in [3.05, 3.63) is 12.3 Å². The van der Waals surface area contributed by atoms with Gasteiger partial charge in [-0.15, -0.1) is 0 Å². The molecular formula is C6H7N3O3. The maximum absolute atomic E-state index is 10.6. The van der Waals surface area contributed by atoms with Crippen LogP contribution in [-0.4, -0.2) is 26.8 Å². The third-order valence-corrected chi connectivity index (χ3v) is 1.15. The Hall–Kier alpha value is -1.85. The lowest BCUT2D eigenvalue weighted by atomic mass is 10.5. The van der Waals surface area contributed by atoms with Gasteiger partial charge in [-0.05, 0) is 0 Å². The fourth-order valence-corrected chi connectivity index (χ4v) is 0.652. The number of aryl methyl sites for hydroxylation is 1. The third kappa shape index (κ3) is 1.82. The Bertz CT molecular complexity index is 318. The highest BCUT2D eigenvalue weighted by Crippen LogP contribution is 1.99. The Morgan fingerprint density at radius 3 is 2.75 bits per heavy atom. The lowest BCUT2D eigenvalue weighted by Gasteiger charge is -1.94. The molecule has 12 heavy (non-hydrogen) atoms. The zero-order chi connectivity index (χ0) is 9.14. The van der Waals surface area contributed by atoms with Gasteiger partial charge in [0.05, 0.1) is 0 Å². The van der Waals surface area contributed by atoms with E-state index in [1.807, 2.05) is 0 Å². The van der Waals surface area contributed by atoms with Crippen molar-refractivity contribution in [2.24, 2.45) is 7.05 Å². The van der Waals surface area contributed by atoms with Crippen molar-refractivity contribution in [3.8, 4) is 0 Å². The van der Waals surface area contributed by atoms with Gasteiger partial charge >= 0.3 is 11.9 Å². The Balaban J connectivity index is 2.64. The van der Waals surface area contributed by atoms with Gasteiger partial charge in [0.2, 0.25) is 0 Å². The van der Waals surface area contributed by atoms with Gasteiger partial charge in [0.1, 0.15) is 0 Å². The summed E-state index contributed by atoms with van der Waals surface area (Å²) in [5.74, 6) is -2.39. The zero-order valence-corrected chi connectivity index (χ0v) is 6.31. The molecule has 2 N–H and O–H groups in total. The van der Waals surface area contributed by atoms with Crippen LogP contribution in [0.15, 0.2) is 12.3 Å². The van der Waals surface area contributed by atoms with Crippen LogP contribution in [0, 0.1) is 0 Å². The van der Waals surface area contributed by atoms with Crippen molar-refractivity contribution in [3.63, 3.8) is 0 Å². The summed E-state index contributed by atoms with van der Waals surface area (Å²) in [6.45, 7) is 0. The first kappa shape index (κ1) is 8.25. The maximum atomic E-state index is 10.6. The predicted molar refractivity (Wildman–Crippen MR) is 39.5 cm³/mol. The van der Waals surface area contributed by atoms with Gasteiger partial charge in [-0.2, -0.15) is 5.10 Å². The van der Waals surface area contributed by atoms with Crippen molar-refractivity contribution in [1.82, 2.24) is 9.78 Å². The van der Waals surface area contributed by atoms with E-state index in [1.54, 1.807) is 13.2 Å². The summed E-state index contributed by atoms with van der Waals surface area (Å²) in [5, 5.41) is 14.0. The number of aromatic nitrogens is 2. The second-order valence-corrected chi connectivity index (χ2v) is 2.13. The van der Waals surface area contributed by atoms with Gasteiger partial charge < -0.3 is 5.11 Å². The van der Waals surface area contributed by atoms with Gasteiger partial charge in [0.15, 0.2) is 5.82 Å². The van der Waals surface area contributed by atoms with Crippen LogP contribution in [-0.2, 0) is 16.6 Å². The molecule has 0 aromatic carbocycles. The lowest BCUT2D eigenvalue weighted by molar-refractivity contribution is -0.147. The number of rotatable bonds is 1. The minimum absolute atomic E-state index is 0.227. The molecule has 0 saturated heterocycles. The normalized spacial score (nSPS) is 9.42. The summed E-state index contributed by atoms with van der Waals surface area (Å²) in [7, 11) is 1.66. The van der Waals surface area contributed by atoms with Crippen molar-refractivity contribution >= 4 is 17.7 Å². The predicted octanol–water partition coefficient (Wildman–Crippen LogP) is -0.557. The van der Waals surface area contributed by atoms with E-state index in [4.69, 9.17) is 5.11 Å². The zero-order valence-electron chi connectivity index (χ0n) is 6.31. The number of hydrogen-bond acceptors (Lipinski definition) is 3. The molecule has 1 aromatic rings. The van der Waals surface area contributed by atoms with Crippen LogP contribution < -0.4 is 5.32 Å². The number of nitrogens with one attached hydrogen (secondary N) is 1. The average molecular weight is 169 g/mol. The highest BCUT2D eigenvalue weighted by atomic mass is 16.4. The average Bonchev–Trinajstić information content (AvgIpc) is 2.35. The molecule has 0 spiro atoms. The van der Waals surface area contributed by atoms with Crippen LogP contribution in [0.4, 0.5) is 5.82 Å². The molecule has 1 amide bonds. The summed E-state index contributed by atoms with van der Waals surface area (Å²) in [6.07, 6.45) is 1.59. The third-order valence-electron chi connectivity index (χ3n) is 1.15. The van der Waals surface area contributed by atoms with E-state index in [9.17, 15) is 9.59 Å². The second kappa shape index (κ2) is 3.04. The quantitative estimate of drug-likeness (QED) is 0.552. The Morgan fingerprint density at radius 2 is 2.33 bits per heavy atom. The molecular weight excluding hydrogens is 162 g/mol. The van der Waals surface area contributed by atoms with Gasteiger partial charge in [0.25, 0.3) is 0 Å². The van der Waals surface area contributed by atoms with E-state index in [2.05, 4.69) is 10.4 Å². The largest absolute Gasteiger partial charge is 0.474 e. The highest BCUT2D eigenvalue weighted by molar-refractivity contribution is 6.36. The summed E-state index contributed by atoms with van der Waals surface area (Å²) < 4.78 is 1.46. The molecule has 1 heterocycles. The van der Waals surface area contributed by atoms with Gasteiger partial charge in [-0.3, -0.25) is 14.8 Å². The van der Waals surface area contributed by atoms with E-state index in [-0.39, 0.29) is 5.82 Å². The summed E-state index contributed by atoms with van der Waals surface area (Å²) in [5.41, 5.74) is 0. The first-order valence-electron chi connectivity index (χ1n) is 3.13. The van der Waals surface area contributed by atoms with Crippen LogP contribution in [0.25, 0.3) is 0 Å². The van der Waals surface area contributed by atoms with E-state index in [1.165, 1.54) is 10.7 Å². The number of aliphatic carboxylic acids is 1. The molecule has 0 bridgehead atoms. The maximum Gasteiger partial charge on any atom is 0.394 e. The minimum atomic E-state index is -1.53. The van der Waals surface area contributed by atoms with Gasteiger partial charge in [-0.1, -0.05) is 0 Å². The molecule has 0 saturated carbocycles. The van der Waals surface area contributed by atoms with E-state index in [0.29, 0.717) is 0 Å². The fraction of sp³-hybridized carbons (Fsp3) is 0.167. The Labute approximate surface area is 67.8 Å². The summed E-state index contributed by atoms with van der Waals surface area (Å²) >= 11 is 0. The number of carboxylic acids is 1. The van der Waals surface area contributed by atoms with Gasteiger partial charge in [0, 0.05) is 19.3 Å². The number of carboxylic acid groups (broad SMARTS) is 1. The molecule has 0 aliphatic carbocycles. The van der Waals surface area contributed by atoms with Crippen molar-refractivity contribution in [2.45, 2.75) is 0 Å². The van der Waals surface area contributed by atoms with E-state index < -0.39 is 11.9 Å². The van der Waals surface area contributed by atoms with Crippen LogP contribution in [0.5, 0.6) is 0 Å². The molecule has 64 valence electrons. The molecule has 6 nitrogen and oxygen atoms in total. The van der Waals surface area contributed by atoms with E-state index in [0.717, 1.165) is 0 Å². The number of hydrogen-bond donors (Lipinski definition) is 2. The molecule has 0 fully saturated rings. The van der Waals surface area contributed by atoms with E-state index >= 15 is 0 Å². The van der Waals surface area contributed by atoms with Gasteiger partial charge in [-0.25, -0.2) is 4.79 Å². The summed E-state index contributed by atoms with van der Waals surface area (Å²) in [4.78, 5) is 20.6.